The molecule has 0 spiro atoms. The molecular formula is C27H41ClN4O. The average molecular weight is 473 g/mol. The lowest BCUT2D eigenvalue weighted by Crippen LogP contribution is -2.34. The molecule has 0 unspecified atom stereocenters. The second-order valence-corrected chi connectivity index (χ2v) is 9.55. The molecule has 182 valence electrons. The Kier molecular flexibility index (Phi) is 11.5. The summed E-state index contributed by atoms with van der Waals surface area (Å²) < 4.78 is 0. The van der Waals surface area contributed by atoms with Crippen LogP contribution in [-0.4, -0.2) is 55.0 Å². The van der Waals surface area contributed by atoms with Gasteiger partial charge in [-0.25, -0.2) is 4.99 Å². The molecule has 0 aliphatic heterocycles. The lowest BCUT2D eigenvalue weighted by atomic mass is 10.0. The molecule has 1 aliphatic rings. The molecule has 0 N–H and O–H groups in total. The van der Waals surface area contributed by atoms with Gasteiger partial charge in [-0.1, -0.05) is 75.8 Å². The molecule has 1 aromatic rings. The molecule has 33 heavy (non-hydrogen) atoms. The standard InChI is InChI=1S/C27H41ClN4O/c1-6-18-30(4)22(2)26(27(29-3)31(5)21-33)32(20-24-14-16-25(28)17-15-24)19-10-9-13-23-11-7-8-12-23/h14-17,21,23H,2-3,6-13,18-20H2,1,4-5H3/b27-26+. The third-order valence-corrected chi connectivity index (χ3v) is 6.77. The number of halogens is 1. The van der Waals surface area contributed by atoms with Gasteiger partial charge in [-0.05, 0) is 43.2 Å². The van der Waals surface area contributed by atoms with E-state index in [2.05, 4.69) is 47.1 Å². The number of nitrogens with zero attached hydrogens (tertiary/aromatic N) is 4. The molecule has 0 heterocycles. The number of hydrogen-bond donors (Lipinski definition) is 0. The Morgan fingerprint density at radius 2 is 1.82 bits per heavy atom. The van der Waals surface area contributed by atoms with E-state index in [0.29, 0.717) is 12.4 Å². The summed E-state index contributed by atoms with van der Waals surface area (Å²) in [5.74, 6) is 1.42. The van der Waals surface area contributed by atoms with Crippen LogP contribution in [0.1, 0.15) is 63.9 Å². The van der Waals surface area contributed by atoms with E-state index in [1.165, 1.54) is 43.4 Å². The van der Waals surface area contributed by atoms with Crippen LogP contribution < -0.4 is 0 Å². The Balaban J connectivity index is 2.34. The first-order valence-corrected chi connectivity index (χ1v) is 12.6. The summed E-state index contributed by atoms with van der Waals surface area (Å²) in [6.45, 7) is 12.7. The largest absolute Gasteiger partial charge is 0.373 e. The molecule has 0 saturated heterocycles. The molecule has 0 bridgehead atoms. The molecule has 0 atom stereocenters. The van der Waals surface area contributed by atoms with Crippen LogP contribution in [0.25, 0.3) is 0 Å². The maximum Gasteiger partial charge on any atom is 0.215 e. The third kappa shape index (κ3) is 8.22. The van der Waals surface area contributed by atoms with Crippen LogP contribution in [0, 0.1) is 5.92 Å². The number of rotatable bonds is 15. The number of hydrogen-bond acceptors (Lipinski definition) is 4. The molecule has 1 aromatic carbocycles. The number of carbonyl (C=O) groups excluding carboxylic acids is 1. The van der Waals surface area contributed by atoms with Crippen LogP contribution in [0.2, 0.25) is 5.02 Å². The molecule has 1 fully saturated rings. The van der Waals surface area contributed by atoms with Crippen LogP contribution in [-0.2, 0) is 11.3 Å². The Morgan fingerprint density at radius 1 is 1.15 bits per heavy atom. The van der Waals surface area contributed by atoms with Crippen LogP contribution in [0.4, 0.5) is 0 Å². The lowest BCUT2D eigenvalue weighted by molar-refractivity contribution is -0.115. The van der Waals surface area contributed by atoms with Crippen molar-refractivity contribution in [2.45, 2.75) is 64.8 Å². The predicted octanol–water partition coefficient (Wildman–Crippen LogP) is 6.32. The van der Waals surface area contributed by atoms with Crippen molar-refractivity contribution in [3.05, 3.63) is 58.6 Å². The zero-order valence-corrected chi connectivity index (χ0v) is 21.5. The van der Waals surface area contributed by atoms with Crippen molar-refractivity contribution >= 4 is 24.7 Å². The second-order valence-electron chi connectivity index (χ2n) is 9.11. The van der Waals surface area contributed by atoms with Gasteiger partial charge < -0.3 is 14.7 Å². The molecule has 1 saturated carbocycles. The van der Waals surface area contributed by atoms with Crippen molar-refractivity contribution in [3.8, 4) is 0 Å². The molecule has 0 radical (unpaired) electrons. The van der Waals surface area contributed by atoms with Gasteiger partial charge in [0, 0.05) is 38.8 Å². The molecule has 2 rings (SSSR count). The first kappa shape index (κ1) is 27.0. The SMILES string of the molecule is C=N/C(=C(/C(=C)N(C)CCC)N(CCCCC1CCCC1)Cc1ccc(Cl)cc1)N(C)C=O. The van der Waals surface area contributed by atoms with Gasteiger partial charge in [0.05, 0.1) is 5.70 Å². The van der Waals surface area contributed by atoms with Gasteiger partial charge >= 0.3 is 0 Å². The Hall–Kier alpha value is -2.27. The number of likely N-dealkylation sites (N-methyl/N-ethyl adjacent to an activating group) is 1. The molecule has 5 nitrogen and oxygen atoms in total. The van der Waals surface area contributed by atoms with E-state index in [9.17, 15) is 4.79 Å². The fraction of sp³-hybridized carbons (Fsp3) is 0.556. The van der Waals surface area contributed by atoms with Gasteiger partial charge in [0.15, 0.2) is 5.82 Å². The van der Waals surface area contributed by atoms with Crippen molar-refractivity contribution in [1.29, 1.82) is 0 Å². The van der Waals surface area contributed by atoms with E-state index in [4.69, 9.17) is 11.6 Å². The summed E-state index contributed by atoms with van der Waals surface area (Å²) in [4.78, 5) is 21.9. The van der Waals surface area contributed by atoms with Gasteiger partial charge in [0.25, 0.3) is 0 Å². The topological polar surface area (TPSA) is 39.1 Å². The fourth-order valence-corrected chi connectivity index (χ4v) is 4.75. The summed E-state index contributed by atoms with van der Waals surface area (Å²) in [5.41, 5.74) is 2.85. The quantitative estimate of drug-likeness (QED) is 0.130. The number of amides is 1. The Bertz CT molecular complexity index is 799. The van der Waals surface area contributed by atoms with Gasteiger partial charge in [0.1, 0.15) is 5.70 Å². The van der Waals surface area contributed by atoms with Crippen LogP contribution in [0.5, 0.6) is 0 Å². The monoisotopic (exact) mass is 472 g/mol. The smallest absolute Gasteiger partial charge is 0.215 e. The molecule has 0 aromatic heterocycles. The number of aliphatic imine (C=N–C) groups is 1. The molecular weight excluding hydrogens is 432 g/mol. The Morgan fingerprint density at radius 3 is 2.39 bits per heavy atom. The van der Waals surface area contributed by atoms with Gasteiger partial charge in [-0.3, -0.25) is 4.79 Å². The van der Waals surface area contributed by atoms with Gasteiger partial charge in [-0.15, -0.1) is 0 Å². The average Bonchev–Trinajstić information content (AvgIpc) is 3.33. The zero-order chi connectivity index (χ0) is 24.2. The minimum atomic E-state index is 0.530. The number of carbonyl (C=O) groups is 1. The Labute approximate surface area is 205 Å². The van der Waals surface area contributed by atoms with Crippen LogP contribution in [0.3, 0.4) is 0 Å². The summed E-state index contributed by atoms with van der Waals surface area (Å²) >= 11 is 6.12. The van der Waals surface area contributed by atoms with E-state index in [1.807, 2.05) is 19.2 Å². The minimum Gasteiger partial charge on any atom is -0.373 e. The normalized spacial score (nSPS) is 14.5. The highest BCUT2D eigenvalue weighted by Gasteiger charge is 2.23. The van der Waals surface area contributed by atoms with Crippen LogP contribution >= 0.6 is 11.6 Å². The second kappa shape index (κ2) is 14.1. The lowest BCUT2D eigenvalue weighted by Gasteiger charge is -2.35. The van der Waals surface area contributed by atoms with E-state index in [-0.39, 0.29) is 0 Å². The van der Waals surface area contributed by atoms with E-state index < -0.39 is 0 Å². The molecule has 1 aliphatic carbocycles. The highest BCUT2D eigenvalue weighted by Crippen LogP contribution is 2.30. The maximum atomic E-state index is 11.7. The van der Waals surface area contributed by atoms with E-state index in [1.54, 1.807) is 7.05 Å². The highest BCUT2D eigenvalue weighted by atomic mass is 35.5. The van der Waals surface area contributed by atoms with E-state index in [0.717, 1.165) is 60.2 Å². The molecule has 6 heteroatoms. The van der Waals surface area contributed by atoms with Crippen molar-refractivity contribution < 1.29 is 4.79 Å². The summed E-state index contributed by atoms with van der Waals surface area (Å²) in [7, 11) is 3.75. The number of unbranched alkanes of at least 4 members (excludes halogenated alkanes) is 1. The van der Waals surface area contributed by atoms with Crippen molar-refractivity contribution in [3.63, 3.8) is 0 Å². The van der Waals surface area contributed by atoms with Crippen LogP contribution in [0.15, 0.2) is 53.1 Å². The summed E-state index contributed by atoms with van der Waals surface area (Å²) in [5, 5.41) is 0.721. The fourth-order valence-electron chi connectivity index (χ4n) is 4.62. The van der Waals surface area contributed by atoms with Crippen molar-refractivity contribution in [1.82, 2.24) is 14.7 Å². The summed E-state index contributed by atoms with van der Waals surface area (Å²) in [6, 6.07) is 7.93. The van der Waals surface area contributed by atoms with E-state index >= 15 is 0 Å². The maximum absolute atomic E-state index is 11.7. The third-order valence-electron chi connectivity index (χ3n) is 6.51. The predicted molar refractivity (Wildman–Crippen MR) is 140 cm³/mol. The highest BCUT2D eigenvalue weighted by molar-refractivity contribution is 6.30. The molecule has 1 amide bonds. The zero-order valence-electron chi connectivity index (χ0n) is 20.7. The van der Waals surface area contributed by atoms with Gasteiger partial charge in [-0.2, -0.15) is 0 Å². The van der Waals surface area contributed by atoms with Crippen molar-refractivity contribution in [2.24, 2.45) is 10.9 Å². The first-order valence-electron chi connectivity index (χ1n) is 12.2. The van der Waals surface area contributed by atoms with Crippen molar-refractivity contribution in [2.75, 3.05) is 27.2 Å². The van der Waals surface area contributed by atoms with Gasteiger partial charge in [0.2, 0.25) is 6.41 Å². The summed E-state index contributed by atoms with van der Waals surface area (Å²) in [6.07, 6.45) is 10.9. The minimum absolute atomic E-state index is 0.530. The number of benzene rings is 1. The first-order chi connectivity index (χ1) is 15.9.